The third-order valence-electron chi connectivity index (χ3n) is 7.76. The van der Waals surface area contributed by atoms with E-state index >= 15 is 0 Å². The molecule has 0 spiro atoms. The number of pyridine rings is 3. The molecule has 4 nitrogen and oxygen atoms in total. The standard InChI is InChI=1S/C28H19N2O.C11H8N.Ir/c1-17-15-19-12-14-29-16-24(19)26(18(17)2)23-10-6-8-21-20-7-5-9-22(27(20)31-28(21)23)25-11-3-4-13-30-25;1-2-6-10(7-3-1)11-8-4-5-9-12-11;/h3-8,10-16H,1-2H3;1-6,8-9H;/q2*-1;. The second-order valence-electron chi connectivity index (χ2n) is 10.4. The van der Waals surface area contributed by atoms with Crippen molar-refractivity contribution < 1.29 is 24.5 Å². The van der Waals surface area contributed by atoms with Crippen LogP contribution in [0.2, 0.25) is 0 Å². The number of para-hydroxylation sites is 1. The molecule has 0 aliphatic heterocycles. The van der Waals surface area contributed by atoms with E-state index in [4.69, 9.17) is 4.42 Å². The molecule has 4 aromatic carbocycles. The summed E-state index contributed by atoms with van der Waals surface area (Å²) in [5.41, 5.74) is 10.2. The monoisotopic (exact) mass is 746 g/mol. The van der Waals surface area contributed by atoms with Crippen LogP contribution in [0.15, 0.2) is 132 Å². The fraction of sp³-hybridized carbons (Fsp3) is 0.0513. The minimum Gasteiger partial charge on any atom is -0.500 e. The van der Waals surface area contributed by atoms with Crippen molar-refractivity contribution in [1.29, 1.82) is 0 Å². The second kappa shape index (κ2) is 12.7. The molecule has 0 aliphatic carbocycles. The Labute approximate surface area is 269 Å². The molecule has 0 bridgehead atoms. The molecule has 5 heteroatoms. The van der Waals surface area contributed by atoms with Crippen LogP contribution >= 0.6 is 0 Å². The maximum Gasteiger partial charge on any atom is 0.128 e. The molecule has 0 N–H and O–H groups in total. The summed E-state index contributed by atoms with van der Waals surface area (Å²) in [6, 6.07) is 40.7. The molecular formula is C39H27IrN3O-2. The number of aromatic nitrogens is 3. The molecule has 0 fully saturated rings. The van der Waals surface area contributed by atoms with E-state index in [9.17, 15) is 0 Å². The van der Waals surface area contributed by atoms with Gasteiger partial charge in [0.1, 0.15) is 5.58 Å². The van der Waals surface area contributed by atoms with Crippen LogP contribution in [0, 0.1) is 26.0 Å². The SMILES string of the molecule is Cc1cc2ccncc2c(-c2cccc3c2oc2c(-c4ccccn4)[c-]ccc23)c1C.[Ir].[c-]1ccccc1-c1ccccn1. The Morgan fingerprint density at radius 2 is 1.41 bits per heavy atom. The van der Waals surface area contributed by atoms with Crippen LogP contribution in [0.3, 0.4) is 0 Å². The van der Waals surface area contributed by atoms with Crippen LogP contribution in [0.4, 0.5) is 0 Å². The number of furan rings is 1. The summed E-state index contributed by atoms with van der Waals surface area (Å²) in [5.74, 6) is 0. The van der Waals surface area contributed by atoms with Gasteiger partial charge in [0.2, 0.25) is 0 Å². The van der Waals surface area contributed by atoms with Crippen molar-refractivity contribution in [2.45, 2.75) is 13.8 Å². The fourth-order valence-corrected chi connectivity index (χ4v) is 5.56. The number of aryl methyl sites for hydroxylation is 1. The molecule has 0 saturated heterocycles. The fourth-order valence-electron chi connectivity index (χ4n) is 5.56. The predicted molar refractivity (Wildman–Crippen MR) is 175 cm³/mol. The Morgan fingerprint density at radius 3 is 2.16 bits per heavy atom. The van der Waals surface area contributed by atoms with E-state index < -0.39 is 0 Å². The molecule has 0 saturated carbocycles. The van der Waals surface area contributed by atoms with Gasteiger partial charge in [0, 0.05) is 61.2 Å². The normalized spacial score (nSPS) is 10.8. The maximum absolute atomic E-state index is 6.58. The Balaban J connectivity index is 0.000000222. The van der Waals surface area contributed by atoms with Crippen LogP contribution < -0.4 is 0 Å². The number of hydrogen-bond acceptors (Lipinski definition) is 4. The van der Waals surface area contributed by atoms with E-state index in [0.717, 1.165) is 55.4 Å². The topological polar surface area (TPSA) is 51.8 Å². The molecule has 215 valence electrons. The minimum atomic E-state index is 0. The van der Waals surface area contributed by atoms with Crippen LogP contribution in [-0.2, 0) is 20.1 Å². The van der Waals surface area contributed by atoms with Gasteiger partial charge in [0.25, 0.3) is 0 Å². The van der Waals surface area contributed by atoms with Crippen LogP contribution in [0.1, 0.15) is 11.1 Å². The van der Waals surface area contributed by atoms with Crippen molar-refractivity contribution in [2.24, 2.45) is 0 Å². The Morgan fingerprint density at radius 1 is 0.636 bits per heavy atom. The van der Waals surface area contributed by atoms with Gasteiger partial charge in [0.05, 0.1) is 5.58 Å². The maximum atomic E-state index is 6.58. The number of nitrogens with zero attached hydrogens (tertiary/aromatic N) is 3. The van der Waals surface area contributed by atoms with E-state index in [1.54, 1.807) is 12.4 Å². The summed E-state index contributed by atoms with van der Waals surface area (Å²) >= 11 is 0. The van der Waals surface area contributed by atoms with E-state index in [-0.39, 0.29) is 20.1 Å². The zero-order chi connectivity index (χ0) is 29.2. The largest absolute Gasteiger partial charge is 0.500 e. The molecule has 44 heavy (non-hydrogen) atoms. The van der Waals surface area contributed by atoms with Crippen molar-refractivity contribution in [3.8, 4) is 33.6 Å². The van der Waals surface area contributed by atoms with E-state index in [2.05, 4.69) is 77.3 Å². The third-order valence-corrected chi connectivity index (χ3v) is 7.76. The van der Waals surface area contributed by atoms with Crippen molar-refractivity contribution in [3.63, 3.8) is 0 Å². The molecule has 4 heterocycles. The first-order chi connectivity index (χ1) is 21.2. The molecule has 4 aromatic heterocycles. The van der Waals surface area contributed by atoms with Gasteiger partial charge in [-0.05, 0) is 65.5 Å². The summed E-state index contributed by atoms with van der Waals surface area (Å²) in [7, 11) is 0. The van der Waals surface area contributed by atoms with Gasteiger partial charge in [-0.3, -0.25) is 4.98 Å². The van der Waals surface area contributed by atoms with Gasteiger partial charge >= 0.3 is 0 Å². The number of rotatable bonds is 3. The molecule has 0 aliphatic rings. The molecule has 0 amide bonds. The summed E-state index contributed by atoms with van der Waals surface area (Å²) in [6.07, 6.45) is 7.38. The van der Waals surface area contributed by atoms with Crippen molar-refractivity contribution >= 4 is 32.7 Å². The minimum absolute atomic E-state index is 0. The number of fused-ring (bicyclic) bond motifs is 4. The molecule has 1 radical (unpaired) electrons. The van der Waals surface area contributed by atoms with Crippen molar-refractivity contribution in [2.75, 3.05) is 0 Å². The first-order valence-corrected chi connectivity index (χ1v) is 14.2. The Bertz CT molecular complexity index is 2160. The van der Waals surface area contributed by atoms with E-state index in [1.165, 1.54) is 22.1 Å². The van der Waals surface area contributed by atoms with Crippen molar-refractivity contribution in [3.05, 3.63) is 151 Å². The number of hydrogen-bond donors (Lipinski definition) is 0. The summed E-state index contributed by atoms with van der Waals surface area (Å²) in [5, 5.41) is 4.49. The van der Waals surface area contributed by atoms with Crippen LogP contribution in [-0.4, -0.2) is 15.0 Å². The zero-order valence-electron chi connectivity index (χ0n) is 24.2. The summed E-state index contributed by atoms with van der Waals surface area (Å²) in [4.78, 5) is 13.1. The van der Waals surface area contributed by atoms with Crippen molar-refractivity contribution in [1.82, 2.24) is 15.0 Å². The summed E-state index contributed by atoms with van der Waals surface area (Å²) < 4.78 is 6.58. The Hall–Kier alpha value is -4.96. The molecule has 0 unspecified atom stereocenters. The van der Waals surface area contributed by atoms with Gasteiger partial charge in [-0.25, -0.2) is 0 Å². The third kappa shape index (κ3) is 5.44. The molecular weight excluding hydrogens is 719 g/mol. The van der Waals surface area contributed by atoms with Gasteiger partial charge < -0.3 is 14.4 Å². The first kappa shape index (κ1) is 29.1. The van der Waals surface area contributed by atoms with Gasteiger partial charge in [-0.2, -0.15) is 0 Å². The Kier molecular flexibility index (Phi) is 8.42. The van der Waals surface area contributed by atoms with Crippen LogP contribution in [0.5, 0.6) is 0 Å². The zero-order valence-corrected chi connectivity index (χ0v) is 26.6. The predicted octanol–water partition coefficient (Wildman–Crippen LogP) is 9.83. The first-order valence-electron chi connectivity index (χ1n) is 14.2. The van der Waals surface area contributed by atoms with Gasteiger partial charge in [-0.1, -0.05) is 59.5 Å². The smallest absolute Gasteiger partial charge is 0.128 e. The number of benzene rings is 4. The molecule has 8 rings (SSSR count). The average molecular weight is 746 g/mol. The summed E-state index contributed by atoms with van der Waals surface area (Å²) in [6.45, 7) is 4.33. The van der Waals surface area contributed by atoms with Crippen LogP contribution in [0.25, 0.3) is 66.4 Å². The molecule has 8 aromatic rings. The van der Waals surface area contributed by atoms with E-state index in [0.29, 0.717) is 0 Å². The quantitative estimate of drug-likeness (QED) is 0.169. The van der Waals surface area contributed by atoms with Gasteiger partial charge in [0.15, 0.2) is 0 Å². The molecule has 0 atom stereocenters. The van der Waals surface area contributed by atoms with E-state index in [1.807, 2.05) is 79.1 Å². The second-order valence-corrected chi connectivity index (χ2v) is 10.4. The average Bonchev–Trinajstić information content (AvgIpc) is 3.46. The van der Waals surface area contributed by atoms with Gasteiger partial charge in [-0.15, -0.1) is 54.1 Å².